The van der Waals surface area contributed by atoms with Crippen LogP contribution in [0.25, 0.3) is 0 Å². The molecule has 4 unspecified atom stereocenters. The van der Waals surface area contributed by atoms with Gasteiger partial charge in [0.05, 0.1) is 0 Å². The lowest BCUT2D eigenvalue weighted by atomic mass is 9.77. The highest BCUT2D eigenvalue weighted by molar-refractivity contribution is 6.11. The molecule has 2 heteroatoms. The van der Waals surface area contributed by atoms with Crippen molar-refractivity contribution in [2.75, 3.05) is 0 Å². The van der Waals surface area contributed by atoms with Crippen molar-refractivity contribution >= 4 is 7.85 Å². The summed E-state index contributed by atoms with van der Waals surface area (Å²) in [6.07, 6.45) is 5.55. The Kier molecular flexibility index (Phi) is 1.52. The lowest BCUT2D eigenvalue weighted by Crippen LogP contribution is -2.25. The summed E-state index contributed by atoms with van der Waals surface area (Å²) in [4.78, 5) is 0. The molecule has 1 N–H and O–H groups in total. The molecule has 0 aliphatic heterocycles. The molecule has 0 heterocycles. The van der Waals surface area contributed by atoms with Crippen LogP contribution in [0.3, 0.4) is 0 Å². The van der Waals surface area contributed by atoms with Crippen LogP contribution in [-0.2, 0) is 0 Å². The van der Waals surface area contributed by atoms with Crippen LogP contribution in [0.15, 0.2) is 0 Å². The summed E-state index contributed by atoms with van der Waals surface area (Å²) in [6.45, 7) is 0. The molecule has 0 amide bonds. The third-order valence-electron chi connectivity index (χ3n) is 3.41. The summed E-state index contributed by atoms with van der Waals surface area (Å²) in [7, 11) is 1.95. The van der Waals surface area contributed by atoms with E-state index in [1.54, 1.807) is 0 Å². The van der Waals surface area contributed by atoms with E-state index in [1.807, 2.05) is 7.85 Å². The van der Waals surface area contributed by atoms with Crippen LogP contribution in [0.1, 0.15) is 25.7 Å². The van der Waals surface area contributed by atoms with Gasteiger partial charge in [-0.3, -0.25) is 0 Å². The molecule has 0 saturated heterocycles. The van der Waals surface area contributed by atoms with E-state index in [0.29, 0.717) is 5.92 Å². The van der Waals surface area contributed by atoms with Gasteiger partial charge in [-0.05, 0) is 37.0 Å². The predicted octanol–water partition coefficient (Wildman–Crippen LogP) is 0.374. The van der Waals surface area contributed by atoms with Gasteiger partial charge in [-0.15, -0.1) is 0 Å². The minimum Gasteiger partial charge on any atom is -0.402 e. The fraction of sp³-hybridized carbons (Fsp3) is 1.00. The highest BCUT2D eigenvalue weighted by Crippen LogP contribution is 2.49. The quantitative estimate of drug-likeness (QED) is 0.519. The third kappa shape index (κ3) is 0.896. The largest absolute Gasteiger partial charge is 0.402 e. The molecule has 1 nitrogen and oxygen atoms in total. The van der Waals surface area contributed by atoms with Crippen molar-refractivity contribution < 1.29 is 5.11 Å². The molecule has 0 aromatic rings. The molecular weight excluding hydrogens is 123 g/mol. The van der Waals surface area contributed by atoms with Gasteiger partial charge in [0, 0.05) is 6.00 Å². The van der Waals surface area contributed by atoms with Crippen LogP contribution in [0.2, 0.25) is 0 Å². The van der Waals surface area contributed by atoms with Crippen LogP contribution >= 0.6 is 0 Å². The maximum absolute atomic E-state index is 9.37. The molecule has 0 spiro atoms. The Labute approximate surface area is 63.2 Å². The van der Waals surface area contributed by atoms with Crippen LogP contribution in [0, 0.1) is 17.8 Å². The number of hydrogen-bond donors (Lipinski definition) is 1. The number of aliphatic hydroxyl groups is 1. The van der Waals surface area contributed by atoms with Crippen molar-refractivity contribution in [2.45, 2.75) is 31.7 Å². The topological polar surface area (TPSA) is 20.2 Å². The average Bonchev–Trinajstić information content (AvgIpc) is 2.44. The Balaban J connectivity index is 2.02. The molecule has 0 aromatic heterocycles. The molecule has 0 aromatic carbocycles. The zero-order valence-corrected chi connectivity index (χ0v) is 6.59. The zero-order chi connectivity index (χ0) is 7.14. The summed E-state index contributed by atoms with van der Waals surface area (Å²) in [5, 5.41) is 9.37. The van der Waals surface area contributed by atoms with Crippen molar-refractivity contribution in [1.29, 1.82) is 0 Å². The molecule has 2 aliphatic rings. The summed E-state index contributed by atoms with van der Waals surface area (Å²) < 4.78 is 0. The van der Waals surface area contributed by atoms with Gasteiger partial charge in [-0.1, -0.05) is 6.42 Å². The molecule has 2 rings (SSSR count). The molecule has 2 fully saturated rings. The van der Waals surface area contributed by atoms with E-state index >= 15 is 0 Å². The van der Waals surface area contributed by atoms with Crippen LogP contribution in [0.5, 0.6) is 0 Å². The van der Waals surface area contributed by atoms with Gasteiger partial charge in [0.2, 0.25) is 0 Å². The number of fused-ring (bicyclic) bond motifs is 2. The highest BCUT2D eigenvalue weighted by atomic mass is 16.3. The standard InChI is InChI=1S/C8H15BO/c9-8(10)7-4-5-1-2-6(7)3-5/h5-8,10H,1-4,9H2. The van der Waals surface area contributed by atoms with Crippen LogP contribution in [0.4, 0.5) is 0 Å². The highest BCUT2D eigenvalue weighted by Gasteiger charge is 2.41. The molecule has 2 aliphatic carbocycles. The van der Waals surface area contributed by atoms with E-state index in [2.05, 4.69) is 0 Å². The minimum absolute atomic E-state index is 0.0460. The van der Waals surface area contributed by atoms with Crippen molar-refractivity contribution in [3.63, 3.8) is 0 Å². The minimum atomic E-state index is -0.0460. The lowest BCUT2D eigenvalue weighted by Gasteiger charge is -2.23. The maximum atomic E-state index is 9.37. The van der Waals surface area contributed by atoms with E-state index in [-0.39, 0.29) is 6.00 Å². The molecule has 2 saturated carbocycles. The zero-order valence-electron chi connectivity index (χ0n) is 6.59. The molecule has 4 atom stereocenters. The second-order valence-electron chi connectivity index (χ2n) is 4.08. The van der Waals surface area contributed by atoms with Gasteiger partial charge >= 0.3 is 0 Å². The van der Waals surface area contributed by atoms with Crippen molar-refractivity contribution in [3.8, 4) is 0 Å². The fourth-order valence-corrected chi connectivity index (χ4v) is 2.88. The number of aliphatic hydroxyl groups excluding tert-OH is 1. The summed E-state index contributed by atoms with van der Waals surface area (Å²) in [5.41, 5.74) is 0. The number of hydrogen-bond acceptors (Lipinski definition) is 1. The molecular formula is C8H15BO. The fourth-order valence-electron chi connectivity index (χ4n) is 2.88. The number of rotatable bonds is 1. The van der Waals surface area contributed by atoms with Gasteiger partial charge in [-0.25, -0.2) is 0 Å². The van der Waals surface area contributed by atoms with Gasteiger partial charge in [0.15, 0.2) is 0 Å². The summed E-state index contributed by atoms with van der Waals surface area (Å²) in [5.74, 6) is 2.51. The SMILES string of the molecule is BC(O)C1CC2CCC1C2. The van der Waals surface area contributed by atoms with E-state index in [9.17, 15) is 5.11 Å². The second kappa shape index (κ2) is 2.26. The summed E-state index contributed by atoms with van der Waals surface area (Å²) in [6, 6.07) is -0.0460. The van der Waals surface area contributed by atoms with Gasteiger partial charge in [0.25, 0.3) is 0 Å². The van der Waals surface area contributed by atoms with E-state index in [1.165, 1.54) is 25.7 Å². The van der Waals surface area contributed by atoms with Gasteiger partial charge in [-0.2, -0.15) is 0 Å². The Morgan fingerprint density at radius 1 is 1.30 bits per heavy atom. The Morgan fingerprint density at radius 3 is 2.40 bits per heavy atom. The smallest absolute Gasteiger partial charge is 0.139 e. The predicted molar refractivity (Wildman–Crippen MR) is 43.5 cm³/mol. The normalized spacial score (nSPS) is 47.9. The first-order valence-electron chi connectivity index (χ1n) is 4.45. The molecule has 0 radical (unpaired) electrons. The van der Waals surface area contributed by atoms with Gasteiger partial charge in [0.1, 0.15) is 7.85 Å². The van der Waals surface area contributed by atoms with Crippen molar-refractivity contribution in [1.82, 2.24) is 0 Å². The van der Waals surface area contributed by atoms with Crippen molar-refractivity contribution in [3.05, 3.63) is 0 Å². The first-order chi connectivity index (χ1) is 4.77. The van der Waals surface area contributed by atoms with Crippen molar-refractivity contribution in [2.24, 2.45) is 17.8 Å². The lowest BCUT2D eigenvalue weighted by molar-refractivity contribution is 0.140. The van der Waals surface area contributed by atoms with Crippen LogP contribution in [-0.4, -0.2) is 19.0 Å². The van der Waals surface area contributed by atoms with E-state index < -0.39 is 0 Å². The third-order valence-corrected chi connectivity index (χ3v) is 3.41. The first kappa shape index (κ1) is 6.72. The average molecular weight is 138 g/mol. The van der Waals surface area contributed by atoms with E-state index in [4.69, 9.17) is 0 Å². The Morgan fingerprint density at radius 2 is 2.10 bits per heavy atom. The summed E-state index contributed by atoms with van der Waals surface area (Å²) >= 11 is 0. The Hall–Kier alpha value is 0.0249. The first-order valence-corrected chi connectivity index (χ1v) is 4.45. The second-order valence-corrected chi connectivity index (χ2v) is 4.08. The monoisotopic (exact) mass is 138 g/mol. The van der Waals surface area contributed by atoms with Crippen LogP contribution < -0.4 is 0 Å². The van der Waals surface area contributed by atoms with E-state index in [0.717, 1.165) is 11.8 Å². The Bertz CT molecular complexity index is 135. The molecule has 2 bridgehead atoms. The molecule has 56 valence electrons. The maximum Gasteiger partial charge on any atom is 0.139 e. The van der Waals surface area contributed by atoms with Gasteiger partial charge < -0.3 is 5.11 Å². The molecule has 10 heavy (non-hydrogen) atoms.